The molecule has 2 aromatic carbocycles. The van der Waals surface area contributed by atoms with Crippen molar-refractivity contribution in [2.24, 2.45) is 0 Å². The Morgan fingerprint density at radius 3 is 2.25 bits per heavy atom. The van der Waals surface area contributed by atoms with Gasteiger partial charge in [0.15, 0.2) is 0 Å². The summed E-state index contributed by atoms with van der Waals surface area (Å²) in [7, 11) is 1.72. The molecule has 2 aromatic rings. The Hall–Kier alpha value is -2.57. The minimum atomic E-state index is -0.762. The van der Waals surface area contributed by atoms with Crippen molar-refractivity contribution < 1.29 is 19.4 Å². The summed E-state index contributed by atoms with van der Waals surface area (Å²) in [6.45, 7) is 9.20. The van der Waals surface area contributed by atoms with Crippen LogP contribution < -0.4 is 4.74 Å². The standard InChI is InChI=1S/C30H42N2O4/c1-29(2,3)36-28(33)32-19-17-31(18-20-32)22-26(30(34)15-9-6-10-16-30)25-14-13-24(21-27(25)35-4)23-11-7-5-8-12-23/h5,7-8,11-14,21,26,34H,6,9-10,15-20,22H2,1-4H3. The lowest BCUT2D eigenvalue weighted by Gasteiger charge is -2.44. The van der Waals surface area contributed by atoms with Gasteiger partial charge in [0.2, 0.25) is 0 Å². The molecule has 0 spiro atoms. The van der Waals surface area contributed by atoms with Crippen LogP contribution in [0.1, 0.15) is 64.4 Å². The number of aliphatic hydroxyl groups is 1. The highest BCUT2D eigenvalue weighted by molar-refractivity contribution is 5.68. The molecule has 1 amide bonds. The van der Waals surface area contributed by atoms with Gasteiger partial charge in [0, 0.05) is 44.2 Å². The van der Waals surface area contributed by atoms with Crippen LogP contribution in [0.4, 0.5) is 4.79 Å². The first-order chi connectivity index (χ1) is 17.2. The van der Waals surface area contributed by atoms with Gasteiger partial charge in [-0.1, -0.05) is 61.7 Å². The van der Waals surface area contributed by atoms with Crippen LogP contribution in [-0.4, -0.2) is 72.0 Å². The first-order valence-electron chi connectivity index (χ1n) is 13.3. The molecule has 1 aliphatic carbocycles. The van der Waals surface area contributed by atoms with Gasteiger partial charge in [-0.05, 0) is 50.8 Å². The molecule has 0 bridgehead atoms. The first-order valence-corrected chi connectivity index (χ1v) is 13.3. The number of carbonyl (C=O) groups excluding carboxylic acids is 1. The molecule has 6 nitrogen and oxygen atoms in total. The number of hydrogen-bond donors (Lipinski definition) is 1. The van der Waals surface area contributed by atoms with E-state index in [1.54, 1.807) is 12.0 Å². The van der Waals surface area contributed by atoms with E-state index in [9.17, 15) is 9.90 Å². The number of amides is 1. The lowest BCUT2D eigenvalue weighted by atomic mass is 9.72. The van der Waals surface area contributed by atoms with Crippen molar-refractivity contribution >= 4 is 6.09 Å². The predicted molar refractivity (Wildman–Crippen MR) is 143 cm³/mol. The highest BCUT2D eigenvalue weighted by Crippen LogP contribution is 2.44. The first kappa shape index (κ1) is 26.5. The van der Waals surface area contributed by atoms with Crippen molar-refractivity contribution in [3.63, 3.8) is 0 Å². The molecule has 2 fully saturated rings. The van der Waals surface area contributed by atoms with Gasteiger partial charge >= 0.3 is 6.09 Å². The van der Waals surface area contributed by atoms with Crippen molar-refractivity contribution in [2.75, 3.05) is 39.8 Å². The SMILES string of the molecule is COc1cc(-c2ccccc2)ccc1C(CN1CCN(C(=O)OC(C)(C)C)CC1)C1(O)CCCCC1. The Kier molecular flexibility index (Phi) is 8.26. The Bertz CT molecular complexity index is 1000. The highest BCUT2D eigenvalue weighted by Gasteiger charge is 2.41. The number of nitrogens with zero attached hydrogens (tertiary/aromatic N) is 2. The van der Waals surface area contributed by atoms with E-state index in [2.05, 4.69) is 35.2 Å². The largest absolute Gasteiger partial charge is 0.496 e. The van der Waals surface area contributed by atoms with Gasteiger partial charge in [-0.2, -0.15) is 0 Å². The van der Waals surface area contributed by atoms with E-state index in [0.29, 0.717) is 13.1 Å². The second-order valence-corrected chi connectivity index (χ2v) is 11.3. The van der Waals surface area contributed by atoms with Crippen LogP contribution in [0, 0.1) is 0 Å². The highest BCUT2D eigenvalue weighted by atomic mass is 16.6. The van der Waals surface area contributed by atoms with Crippen LogP contribution in [0.2, 0.25) is 0 Å². The topological polar surface area (TPSA) is 62.2 Å². The molecule has 1 saturated heterocycles. The van der Waals surface area contributed by atoms with Gasteiger partial charge in [0.05, 0.1) is 12.7 Å². The van der Waals surface area contributed by atoms with Crippen molar-refractivity contribution in [3.05, 3.63) is 54.1 Å². The van der Waals surface area contributed by atoms with Crippen molar-refractivity contribution in [2.45, 2.75) is 70.0 Å². The average molecular weight is 495 g/mol. The number of rotatable bonds is 6. The van der Waals surface area contributed by atoms with Gasteiger partial charge in [-0.3, -0.25) is 4.90 Å². The summed E-state index contributed by atoms with van der Waals surface area (Å²) >= 11 is 0. The Morgan fingerprint density at radius 2 is 1.64 bits per heavy atom. The maximum atomic E-state index is 12.5. The Labute approximate surface area is 216 Å². The minimum absolute atomic E-state index is 0.0642. The molecule has 1 saturated carbocycles. The molecule has 4 rings (SSSR count). The lowest BCUT2D eigenvalue weighted by molar-refractivity contribution is -0.0361. The summed E-state index contributed by atoms with van der Waals surface area (Å²) in [5, 5.41) is 11.9. The predicted octanol–water partition coefficient (Wildman–Crippen LogP) is 5.69. The molecule has 36 heavy (non-hydrogen) atoms. The summed E-state index contributed by atoms with van der Waals surface area (Å²) < 4.78 is 11.5. The normalized spacial score (nSPS) is 19.5. The van der Waals surface area contributed by atoms with Crippen LogP contribution >= 0.6 is 0 Å². The van der Waals surface area contributed by atoms with E-state index in [-0.39, 0.29) is 12.0 Å². The molecule has 2 aliphatic rings. The summed E-state index contributed by atoms with van der Waals surface area (Å²) in [5.74, 6) is 0.762. The smallest absolute Gasteiger partial charge is 0.410 e. The number of hydrogen-bond acceptors (Lipinski definition) is 5. The zero-order valence-corrected chi connectivity index (χ0v) is 22.3. The molecule has 1 heterocycles. The van der Waals surface area contributed by atoms with E-state index in [1.165, 1.54) is 6.42 Å². The quantitative estimate of drug-likeness (QED) is 0.559. The average Bonchev–Trinajstić information content (AvgIpc) is 2.87. The molecular weight excluding hydrogens is 452 g/mol. The van der Waals surface area contributed by atoms with Crippen LogP contribution in [0.5, 0.6) is 5.75 Å². The fourth-order valence-electron chi connectivity index (χ4n) is 5.58. The Balaban J connectivity index is 1.55. The number of piperazine rings is 1. The van der Waals surface area contributed by atoms with Crippen LogP contribution in [0.3, 0.4) is 0 Å². The zero-order valence-electron chi connectivity index (χ0n) is 22.3. The fraction of sp³-hybridized carbons (Fsp3) is 0.567. The molecule has 0 aromatic heterocycles. The maximum Gasteiger partial charge on any atom is 0.410 e. The number of benzene rings is 2. The van der Waals surface area contributed by atoms with Gasteiger partial charge in [0.1, 0.15) is 11.4 Å². The molecular formula is C30H42N2O4. The van der Waals surface area contributed by atoms with Crippen LogP contribution in [0.15, 0.2) is 48.5 Å². The van der Waals surface area contributed by atoms with E-state index < -0.39 is 11.2 Å². The summed E-state index contributed by atoms with van der Waals surface area (Å²) in [6.07, 6.45) is 4.63. The van der Waals surface area contributed by atoms with Crippen molar-refractivity contribution in [1.29, 1.82) is 0 Å². The van der Waals surface area contributed by atoms with Crippen molar-refractivity contribution in [3.8, 4) is 16.9 Å². The van der Waals surface area contributed by atoms with Gasteiger partial charge in [-0.25, -0.2) is 4.79 Å². The van der Waals surface area contributed by atoms with Crippen molar-refractivity contribution in [1.82, 2.24) is 9.80 Å². The van der Waals surface area contributed by atoms with E-state index in [1.807, 2.05) is 39.0 Å². The second-order valence-electron chi connectivity index (χ2n) is 11.3. The van der Waals surface area contributed by atoms with Gasteiger partial charge in [0.25, 0.3) is 0 Å². The third-order valence-corrected chi connectivity index (χ3v) is 7.55. The third kappa shape index (κ3) is 6.40. The second kappa shape index (κ2) is 11.2. The third-order valence-electron chi connectivity index (χ3n) is 7.55. The van der Waals surface area contributed by atoms with E-state index in [0.717, 1.165) is 67.8 Å². The van der Waals surface area contributed by atoms with E-state index >= 15 is 0 Å². The number of ether oxygens (including phenoxy) is 2. The fourth-order valence-corrected chi connectivity index (χ4v) is 5.58. The maximum absolute atomic E-state index is 12.5. The number of carbonyl (C=O) groups is 1. The molecule has 6 heteroatoms. The number of methoxy groups -OCH3 is 1. The lowest BCUT2D eigenvalue weighted by Crippen LogP contribution is -2.52. The molecule has 1 N–H and O–H groups in total. The summed E-state index contributed by atoms with van der Waals surface area (Å²) in [6, 6.07) is 16.7. The van der Waals surface area contributed by atoms with Crippen LogP contribution in [-0.2, 0) is 4.74 Å². The van der Waals surface area contributed by atoms with E-state index in [4.69, 9.17) is 9.47 Å². The van der Waals surface area contributed by atoms with Crippen LogP contribution in [0.25, 0.3) is 11.1 Å². The molecule has 1 unspecified atom stereocenters. The monoisotopic (exact) mass is 494 g/mol. The van der Waals surface area contributed by atoms with Gasteiger partial charge in [-0.15, -0.1) is 0 Å². The minimum Gasteiger partial charge on any atom is -0.496 e. The molecule has 0 radical (unpaired) electrons. The molecule has 196 valence electrons. The summed E-state index contributed by atoms with van der Waals surface area (Å²) in [4.78, 5) is 16.7. The van der Waals surface area contributed by atoms with Gasteiger partial charge < -0.3 is 19.5 Å². The molecule has 1 atom stereocenters. The summed E-state index contributed by atoms with van der Waals surface area (Å²) in [5.41, 5.74) is 2.06. The molecule has 1 aliphatic heterocycles. The zero-order chi connectivity index (χ0) is 25.8. The Morgan fingerprint density at radius 1 is 0.972 bits per heavy atom.